The summed E-state index contributed by atoms with van der Waals surface area (Å²) in [5.41, 5.74) is 1.93. The van der Waals surface area contributed by atoms with Gasteiger partial charge in [-0.3, -0.25) is 9.20 Å². The summed E-state index contributed by atoms with van der Waals surface area (Å²) >= 11 is 0. The molecule has 2 aromatic heterocycles. The quantitative estimate of drug-likeness (QED) is 0.714. The second kappa shape index (κ2) is 6.12. The molecule has 132 valence electrons. The molecule has 0 spiro atoms. The predicted octanol–water partition coefficient (Wildman–Crippen LogP) is 2.64. The molecule has 1 amide bonds. The Bertz CT molecular complexity index is 967. The third-order valence-corrected chi connectivity index (χ3v) is 5.40. The van der Waals surface area contributed by atoms with E-state index in [1.807, 2.05) is 58.0 Å². The fourth-order valence-electron chi connectivity index (χ4n) is 4.11. The zero-order valence-electron chi connectivity index (χ0n) is 14.4. The Morgan fingerprint density at radius 3 is 2.96 bits per heavy atom. The molecule has 5 rings (SSSR count). The molecule has 4 heterocycles. The zero-order chi connectivity index (χ0) is 17.5. The van der Waals surface area contributed by atoms with Crippen molar-refractivity contribution in [1.29, 1.82) is 0 Å². The maximum atomic E-state index is 13.2. The lowest BCUT2D eigenvalue weighted by Gasteiger charge is -2.30. The van der Waals surface area contributed by atoms with Gasteiger partial charge in [0.25, 0.3) is 0 Å². The van der Waals surface area contributed by atoms with Gasteiger partial charge in [0, 0.05) is 12.7 Å². The highest BCUT2D eigenvalue weighted by Gasteiger charge is 2.37. The van der Waals surface area contributed by atoms with Crippen LogP contribution < -0.4 is 4.74 Å². The molecule has 0 aliphatic carbocycles. The molecule has 2 atom stereocenters. The van der Waals surface area contributed by atoms with E-state index in [4.69, 9.17) is 4.74 Å². The van der Waals surface area contributed by atoms with Crippen molar-refractivity contribution in [3.63, 3.8) is 0 Å². The van der Waals surface area contributed by atoms with E-state index in [0.717, 1.165) is 48.6 Å². The fourth-order valence-corrected chi connectivity index (χ4v) is 4.11. The molecule has 1 aromatic carbocycles. The molecular formula is C20H20N4O2. The number of para-hydroxylation sites is 1. The first-order chi connectivity index (χ1) is 12.8. The van der Waals surface area contributed by atoms with Crippen LogP contribution in [0.25, 0.3) is 5.65 Å². The predicted molar refractivity (Wildman–Crippen MR) is 95.8 cm³/mol. The molecule has 0 bridgehead atoms. The monoisotopic (exact) mass is 348 g/mol. The Hall–Kier alpha value is -2.89. The van der Waals surface area contributed by atoms with Gasteiger partial charge in [-0.15, -0.1) is 10.2 Å². The van der Waals surface area contributed by atoms with Crippen molar-refractivity contribution in [2.24, 2.45) is 5.92 Å². The van der Waals surface area contributed by atoms with Gasteiger partial charge < -0.3 is 9.64 Å². The van der Waals surface area contributed by atoms with Crippen LogP contribution in [0, 0.1) is 5.92 Å². The third-order valence-electron chi connectivity index (χ3n) is 5.40. The molecule has 26 heavy (non-hydrogen) atoms. The Balaban J connectivity index is 1.41. The smallest absolute Gasteiger partial charge is 0.230 e. The number of benzene rings is 1. The lowest BCUT2D eigenvalue weighted by atomic mass is 9.95. The van der Waals surface area contributed by atoms with Crippen molar-refractivity contribution in [1.82, 2.24) is 19.5 Å². The first kappa shape index (κ1) is 15.4. The summed E-state index contributed by atoms with van der Waals surface area (Å²) in [5, 5.41) is 8.63. The average molecular weight is 348 g/mol. The van der Waals surface area contributed by atoms with Crippen LogP contribution >= 0.6 is 0 Å². The van der Waals surface area contributed by atoms with Gasteiger partial charge in [0.1, 0.15) is 12.4 Å². The molecule has 1 fully saturated rings. The van der Waals surface area contributed by atoms with Crippen molar-refractivity contribution in [3.05, 3.63) is 60.0 Å². The van der Waals surface area contributed by atoms with Crippen molar-refractivity contribution in [3.8, 4) is 5.75 Å². The van der Waals surface area contributed by atoms with Crippen LogP contribution in [0.2, 0.25) is 0 Å². The summed E-state index contributed by atoms with van der Waals surface area (Å²) in [5.74, 6) is 1.78. The second-order valence-electron chi connectivity index (χ2n) is 7.00. The largest absolute Gasteiger partial charge is 0.492 e. The number of fused-ring (bicyclic) bond motifs is 2. The lowest BCUT2D eigenvalue weighted by molar-refractivity contribution is -0.138. The van der Waals surface area contributed by atoms with Crippen LogP contribution in [-0.2, 0) is 11.2 Å². The third kappa shape index (κ3) is 2.44. The summed E-state index contributed by atoms with van der Waals surface area (Å²) in [6, 6.07) is 13.8. The minimum atomic E-state index is -0.135. The van der Waals surface area contributed by atoms with E-state index in [2.05, 4.69) is 10.2 Å². The SMILES string of the molecule is O=C(C1COc2ccccc2C1)N1CCCC1c1nnc2ccccn12. The number of amides is 1. The van der Waals surface area contributed by atoms with Crippen molar-refractivity contribution >= 4 is 11.6 Å². The van der Waals surface area contributed by atoms with E-state index in [1.165, 1.54) is 0 Å². The first-order valence-electron chi connectivity index (χ1n) is 9.12. The summed E-state index contributed by atoms with van der Waals surface area (Å²) in [4.78, 5) is 15.2. The van der Waals surface area contributed by atoms with Crippen molar-refractivity contribution < 1.29 is 9.53 Å². The van der Waals surface area contributed by atoms with Crippen LogP contribution in [0.15, 0.2) is 48.7 Å². The van der Waals surface area contributed by atoms with Crippen molar-refractivity contribution in [2.45, 2.75) is 25.3 Å². The molecule has 6 heteroatoms. The summed E-state index contributed by atoms with van der Waals surface area (Å²) in [7, 11) is 0. The molecule has 0 N–H and O–H groups in total. The van der Waals surface area contributed by atoms with Crippen molar-refractivity contribution in [2.75, 3.05) is 13.2 Å². The van der Waals surface area contributed by atoms with Crippen LogP contribution in [0.3, 0.4) is 0 Å². The summed E-state index contributed by atoms with van der Waals surface area (Å²) in [6.07, 6.45) is 4.61. The van der Waals surface area contributed by atoms with Gasteiger partial charge in [0.2, 0.25) is 5.91 Å². The number of carbonyl (C=O) groups excluding carboxylic acids is 1. The molecule has 2 aliphatic heterocycles. The lowest BCUT2D eigenvalue weighted by Crippen LogP contribution is -2.40. The Labute approximate surface area is 151 Å². The van der Waals surface area contributed by atoms with E-state index in [0.29, 0.717) is 6.61 Å². The molecule has 1 saturated heterocycles. The molecule has 0 saturated carbocycles. The molecule has 6 nitrogen and oxygen atoms in total. The fraction of sp³-hybridized carbons (Fsp3) is 0.350. The summed E-state index contributed by atoms with van der Waals surface area (Å²) in [6.45, 7) is 1.21. The number of likely N-dealkylation sites (tertiary alicyclic amines) is 1. The van der Waals surface area contributed by atoms with E-state index < -0.39 is 0 Å². The number of ether oxygens (including phenoxy) is 1. The van der Waals surface area contributed by atoms with Gasteiger partial charge in [0.05, 0.1) is 12.0 Å². The number of aromatic nitrogens is 3. The first-order valence-corrected chi connectivity index (χ1v) is 9.12. The van der Waals surface area contributed by atoms with E-state index in [-0.39, 0.29) is 17.9 Å². The highest BCUT2D eigenvalue weighted by molar-refractivity contribution is 5.80. The Morgan fingerprint density at radius 2 is 2.00 bits per heavy atom. The van der Waals surface area contributed by atoms with Gasteiger partial charge in [-0.1, -0.05) is 24.3 Å². The normalized spacial score (nSPS) is 22.2. The molecule has 2 unspecified atom stereocenters. The summed E-state index contributed by atoms with van der Waals surface area (Å²) < 4.78 is 7.82. The maximum Gasteiger partial charge on any atom is 0.230 e. The van der Waals surface area contributed by atoms with Gasteiger partial charge in [-0.25, -0.2) is 0 Å². The van der Waals surface area contributed by atoms with Crippen LogP contribution in [0.5, 0.6) is 5.75 Å². The van der Waals surface area contributed by atoms with Gasteiger partial charge >= 0.3 is 0 Å². The average Bonchev–Trinajstić information content (AvgIpc) is 3.33. The molecule has 2 aliphatic rings. The second-order valence-corrected chi connectivity index (χ2v) is 7.00. The maximum absolute atomic E-state index is 13.2. The number of nitrogens with zero attached hydrogens (tertiary/aromatic N) is 4. The number of carbonyl (C=O) groups is 1. The number of hydrogen-bond donors (Lipinski definition) is 0. The number of hydrogen-bond acceptors (Lipinski definition) is 4. The van der Waals surface area contributed by atoms with Crippen LogP contribution in [0.4, 0.5) is 0 Å². The van der Waals surface area contributed by atoms with Crippen LogP contribution in [0.1, 0.15) is 30.3 Å². The van der Waals surface area contributed by atoms with E-state index in [9.17, 15) is 4.79 Å². The van der Waals surface area contributed by atoms with Gasteiger partial charge in [-0.2, -0.15) is 0 Å². The van der Waals surface area contributed by atoms with E-state index in [1.54, 1.807) is 0 Å². The zero-order valence-corrected chi connectivity index (χ0v) is 14.4. The Kier molecular flexibility index (Phi) is 3.62. The molecule has 0 radical (unpaired) electrons. The number of pyridine rings is 1. The van der Waals surface area contributed by atoms with Gasteiger partial charge in [-0.05, 0) is 43.0 Å². The Morgan fingerprint density at radius 1 is 1.12 bits per heavy atom. The number of rotatable bonds is 2. The van der Waals surface area contributed by atoms with Crippen LogP contribution in [-0.4, -0.2) is 38.6 Å². The highest BCUT2D eigenvalue weighted by Crippen LogP contribution is 2.34. The standard InChI is InChI=1S/C20H20N4O2/c25-20(15-12-14-6-1-2-8-17(14)26-13-15)23-11-5-7-16(23)19-22-21-18-9-3-4-10-24(18)19/h1-4,6,8-10,15-16H,5,7,11-13H2. The highest BCUT2D eigenvalue weighted by atomic mass is 16.5. The molecular weight excluding hydrogens is 328 g/mol. The molecule has 3 aromatic rings. The minimum Gasteiger partial charge on any atom is -0.492 e. The van der Waals surface area contributed by atoms with E-state index >= 15 is 0 Å². The minimum absolute atomic E-state index is 0.0166. The van der Waals surface area contributed by atoms with Gasteiger partial charge in [0.15, 0.2) is 11.5 Å². The topological polar surface area (TPSA) is 59.7 Å².